The molecule has 1 aromatic heterocycles. The van der Waals surface area contributed by atoms with Crippen LogP contribution in [0.4, 0.5) is 0 Å². The Labute approximate surface area is 110 Å². The Hall–Kier alpha value is -2.42. The number of rotatable bonds is 5. The number of carboxylic acid groups (broad SMARTS) is 1. The van der Waals surface area contributed by atoms with E-state index < -0.39 is 5.97 Å². The molecule has 6 nitrogen and oxygen atoms in total. The molecule has 98 valence electrons. The van der Waals surface area contributed by atoms with Gasteiger partial charge in [0.25, 0.3) is 5.91 Å². The third kappa shape index (κ3) is 3.07. The summed E-state index contributed by atoms with van der Waals surface area (Å²) in [5, 5.41) is 17.3. The van der Waals surface area contributed by atoms with Crippen LogP contribution in [-0.2, 0) is 0 Å². The van der Waals surface area contributed by atoms with Gasteiger partial charge in [-0.05, 0) is 25.0 Å². The molecule has 0 aromatic carbocycles. The average Bonchev–Trinajstić information content (AvgIpc) is 3.23. The highest BCUT2D eigenvalue weighted by Crippen LogP contribution is 2.28. The van der Waals surface area contributed by atoms with Crippen LogP contribution in [-0.4, -0.2) is 39.5 Å². The second kappa shape index (κ2) is 5.48. The van der Waals surface area contributed by atoms with Gasteiger partial charge in [0.15, 0.2) is 0 Å². The van der Waals surface area contributed by atoms with Crippen molar-refractivity contribution in [3.05, 3.63) is 29.6 Å². The summed E-state index contributed by atoms with van der Waals surface area (Å²) in [5.41, 5.74) is 0.265. The molecule has 1 aliphatic carbocycles. The molecule has 1 N–H and O–H groups in total. The highest BCUT2D eigenvalue weighted by atomic mass is 16.4. The molecule has 0 atom stereocenters. The Morgan fingerprint density at radius 3 is 2.68 bits per heavy atom. The van der Waals surface area contributed by atoms with Crippen molar-refractivity contribution in [3.8, 4) is 6.07 Å². The lowest BCUT2D eigenvalue weighted by Crippen LogP contribution is -2.34. The second-order valence-corrected chi connectivity index (χ2v) is 4.38. The molecule has 0 aliphatic heterocycles. The van der Waals surface area contributed by atoms with Gasteiger partial charge in [0, 0.05) is 18.8 Å². The lowest BCUT2D eigenvalue weighted by atomic mass is 10.2. The largest absolute Gasteiger partial charge is 0.477 e. The van der Waals surface area contributed by atoms with Crippen LogP contribution in [0.1, 0.15) is 40.1 Å². The van der Waals surface area contributed by atoms with E-state index in [0.717, 1.165) is 12.8 Å². The van der Waals surface area contributed by atoms with Gasteiger partial charge in [-0.25, -0.2) is 9.78 Å². The summed E-state index contributed by atoms with van der Waals surface area (Å²) in [5.74, 6) is -1.32. The quantitative estimate of drug-likeness (QED) is 0.860. The normalized spacial score (nSPS) is 13.6. The lowest BCUT2D eigenvalue weighted by molar-refractivity contribution is 0.0686. The van der Waals surface area contributed by atoms with Crippen molar-refractivity contribution in [1.82, 2.24) is 9.88 Å². The highest BCUT2D eigenvalue weighted by molar-refractivity contribution is 5.95. The van der Waals surface area contributed by atoms with Crippen molar-refractivity contribution in [3.63, 3.8) is 0 Å². The minimum absolute atomic E-state index is 0.0912. The molecule has 1 aliphatic rings. The molecule has 19 heavy (non-hydrogen) atoms. The first kappa shape index (κ1) is 13.0. The van der Waals surface area contributed by atoms with E-state index in [1.807, 2.05) is 6.07 Å². The number of aromatic carboxylic acids is 1. The van der Waals surface area contributed by atoms with Gasteiger partial charge in [-0.15, -0.1) is 0 Å². The van der Waals surface area contributed by atoms with Crippen molar-refractivity contribution in [2.45, 2.75) is 25.3 Å². The summed E-state index contributed by atoms with van der Waals surface area (Å²) in [6.45, 7) is 0.403. The number of nitrogens with zero attached hydrogens (tertiary/aromatic N) is 3. The topological polar surface area (TPSA) is 94.3 Å². The Morgan fingerprint density at radius 2 is 2.21 bits per heavy atom. The van der Waals surface area contributed by atoms with Crippen LogP contribution >= 0.6 is 0 Å². The second-order valence-electron chi connectivity index (χ2n) is 4.38. The number of hydrogen-bond acceptors (Lipinski definition) is 4. The summed E-state index contributed by atoms with van der Waals surface area (Å²) in [7, 11) is 0. The zero-order valence-corrected chi connectivity index (χ0v) is 10.2. The predicted octanol–water partition coefficient (Wildman–Crippen LogP) is 1.30. The SMILES string of the molecule is N#CCCN(C(=O)c1ccc(C(=O)O)nc1)C1CC1. The van der Waals surface area contributed by atoms with Gasteiger partial charge in [-0.3, -0.25) is 4.79 Å². The summed E-state index contributed by atoms with van der Waals surface area (Å²) in [6.07, 6.45) is 3.48. The van der Waals surface area contributed by atoms with E-state index in [9.17, 15) is 9.59 Å². The molecule has 0 radical (unpaired) electrons. The van der Waals surface area contributed by atoms with Gasteiger partial charge < -0.3 is 10.0 Å². The molecule has 6 heteroatoms. The number of aromatic nitrogens is 1. The Morgan fingerprint density at radius 1 is 1.47 bits per heavy atom. The molecule has 2 rings (SSSR count). The first-order chi connectivity index (χ1) is 9.13. The van der Waals surface area contributed by atoms with Crippen molar-refractivity contribution in [2.24, 2.45) is 0 Å². The molecule has 0 spiro atoms. The minimum atomic E-state index is -1.12. The third-order valence-electron chi connectivity index (χ3n) is 2.94. The van der Waals surface area contributed by atoms with Gasteiger partial charge in [0.2, 0.25) is 0 Å². The Bertz CT molecular complexity index is 529. The number of amides is 1. The van der Waals surface area contributed by atoms with E-state index in [0.29, 0.717) is 18.5 Å². The van der Waals surface area contributed by atoms with Crippen molar-refractivity contribution in [1.29, 1.82) is 5.26 Å². The molecular formula is C13H13N3O3. The van der Waals surface area contributed by atoms with Crippen LogP contribution in [0.25, 0.3) is 0 Å². The van der Waals surface area contributed by atoms with Crippen molar-refractivity contribution in [2.75, 3.05) is 6.54 Å². The van der Waals surface area contributed by atoms with Crippen LogP contribution in [0.15, 0.2) is 18.3 Å². The first-order valence-electron chi connectivity index (χ1n) is 6.00. The summed E-state index contributed by atoms with van der Waals surface area (Å²) < 4.78 is 0. The molecule has 1 aromatic rings. The highest BCUT2D eigenvalue weighted by Gasteiger charge is 2.32. The van der Waals surface area contributed by atoms with E-state index in [1.165, 1.54) is 18.3 Å². The fraction of sp³-hybridized carbons (Fsp3) is 0.385. The molecule has 0 bridgehead atoms. The van der Waals surface area contributed by atoms with Crippen LogP contribution in [0, 0.1) is 11.3 Å². The van der Waals surface area contributed by atoms with Gasteiger partial charge in [0.1, 0.15) is 5.69 Å². The van der Waals surface area contributed by atoms with Crippen molar-refractivity contribution >= 4 is 11.9 Å². The maximum Gasteiger partial charge on any atom is 0.354 e. The smallest absolute Gasteiger partial charge is 0.354 e. The number of carbonyl (C=O) groups is 2. The summed E-state index contributed by atoms with van der Waals surface area (Å²) in [6, 6.07) is 5.00. The van der Waals surface area contributed by atoms with E-state index in [-0.39, 0.29) is 17.6 Å². The number of carboxylic acids is 1. The Balaban J connectivity index is 2.12. The molecule has 1 fully saturated rings. The zero-order chi connectivity index (χ0) is 13.8. The van der Waals surface area contributed by atoms with Crippen LogP contribution < -0.4 is 0 Å². The maximum atomic E-state index is 12.2. The minimum Gasteiger partial charge on any atom is -0.477 e. The van der Waals surface area contributed by atoms with E-state index >= 15 is 0 Å². The molecular weight excluding hydrogens is 246 g/mol. The standard InChI is InChI=1S/C13H13N3O3/c14-6-1-7-16(10-3-4-10)12(17)9-2-5-11(13(18)19)15-8-9/h2,5,8,10H,1,3-4,7H2,(H,18,19). The molecule has 1 saturated carbocycles. The number of pyridine rings is 1. The van der Waals surface area contributed by atoms with Crippen LogP contribution in [0.5, 0.6) is 0 Å². The fourth-order valence-corrected chi connectivity index (χ4v) is 1.82. The van der Waals surface area contributed by atoms with Gasteiger partial charge in [-0.2, -0.15) is 5.26 Å². The van der Waals surface area contributed by atoms with Crippen LogP contribution in [0.3, 0.4) is 0 Å². The van der Waals surface area contributed by atoms with Crippen molar-refractivity contribution < 1.29 is 14.7 Å². The monoisotopic (exact) mass is 259 g/mol. The first-order valence-corrected chi connectivity index (χ1v) is 6.00. The van der Waals surface area contributed by atoms with Gasteiger partial charge >= 0.3 is 5.97 Å². The lowest BCUT2D eigenvalue weighted by Gasteiger charge is -2.21. The van der Waals surface area contributed by atoms with Crippen LogP contribution in [0.2, 0.25) is 0 Å². The number of nitriles is 1. The summed E-state index contributed by atoms with van der Waals surface area (Å²) >= 11 is 0. The van der Waals surface area contributed by atoms with Gasteiger partial charge in [-0.1, -0.05) is 0 Å². The van der Waals surface area contributed by atoms with E-state index in [2.05, 4.69) is 4.98 Å². The molecule has 0 unspecified atom stereocenters. The molecule has 1 amide bonds. The maximum absolute atomic E-state index is 12.2. The Kier molecular flexibility index (Phi) is 3.76. The summed E-state index contributed by atoms with van der Waals surface area (Å²) in [4.78, 5) is 28.3. The molecule has 0 saturated heterocycles. The zero-order valence-electron chi connectivity index (χ0n) is 10.2. The van der Waals surface area contributed by atoms with E-state index in [1.54, 1.807) is 4.90 Å². The number of carbonyl (C=O) groups excluding carboxylic acids is 1. The average molecular weight is 259 g/mol. The molecule has 1 heterocycles. The number of hydrogen-bond donors (Lipinski definition) is 1. The van der Waals surface area contributed by atoms with E-state index in [4.69, 9.17) is 10.4 Å². The predicted molar refractivity (Wildman–Crippen MR) is 65.5 cm³/mol. The van der Waals surface area contributed by atoms with Gasteiger partial charge in [0.05, 0.1) is 18.1 Å². The fourth-order valence-electron chi connectivity index (χ4n) is 1.82. The third-order valence-corrected chi connectivity index (χ3v) is 2.94.